The van der Waals surface area contributed by atoms with Crippen LogP contribution in [0.4, 0.5) is 0 Å². The quantitative estimate of drug-likeness (QED) is 0.690. The number of hydrogen-bond donors (Lipinski definition) is 1. The third-order valence-corrected chi connectivity index (χ3v) is 3.31. The lowest BCUT2D eigenvalue weighted by molar-refractivity contribution is 1.14. The molecule has 1 aromatic carbocycles. The Hall–Kier alpha value is -0.540. The molecule has 0 radical (unpaired) electrons. The molecule has 0 saturated carbocycles. The van der Waals surface area contributed by atoms with E-state index >= 15 is 0 Å². The van der Waals surface area contributed by atoms with Gasteiger partial charge in [0.2, 0.25) is 0 Å². The molecular weight excluding hydrogens is 186 g/mol. The Labute approximate surface area is 80.9 Å². The molecule has 1 heterocycles. The predicted molar refractivity (Wildman–Crippen MR) is 56.3 cm³/mol. The lowest BCUT2D eigenvalue weighted by Gasteiger charge is -1.99. The van der Waals surface area contributed by atoms with Gasteiger partial charge in [0.25, 0.3) is 0 Å². The van der Waals surface area contributed by atoms with Gasteiger partial charge < -0.3 is 0 Å². The first-order valence-corrected chi connectivity index (χ1v) is 5.19. The van der Waals surface area contributed by atoms with Gasteiger partial charge >= 0.3 is 0 Å². The van der Waals surface area contributed by atoms with Crippen LogP contribution in [0.3, 0.4) is 0 Å². The van der Waals surface area contributed by atoms with E-state index in [1.54, 1.807) is 11.3 Å². The number of benzene rings is 1. The van der Waals surface area contributed by atoms with Crippen molar-refractivity contribution in [2.45, 2.75) is 18.2 Å². The molecular formula is C9H9NS2. The number of nitrogens with zero attached hydrogens (tertiary/aromatic N) is 1. The van der Waals surface area contributed by atoms with Crippen LogP contribution in [0.5, 0.6) is 0 Å². The second-order valence-electron chi connectivity index (χ2n) is 2.63. The van der Waals surface area contributed by atoms with Crippen LogP contribution in [0.15, 0.2) is 22.5 Å². The van der Waals surface area contributed by atoms with E-state index in [-0.39, 0.29) is 0 Å². The molecule has 0 N–H and O–H groups in total. The molecule has 0 aliphatic heterocycles. The average Bonchev–Trinajstić information content (AvgIpc) is 2.54. The van der Waals surface area contributed by atoms with Crippen molar-refractivity contribution >= 4 is 34.2 Å². The second-order valence-corrected chi connectivity index (χ2v) is 3.96. The normalized spacial score (nSPS) is 10.8. The molecule has 0 aliphatic carbocycles. The summed E-state index contributed by atoms with van der Waals surface area (Å²) in [6.45, 7) is 2.15. The highest BCUT2D eigenvalue weighted by Crippen LogP contribution is 2.27. The van der Waals surface area contributed by atoms with Crippen LogP contribution >= 0.6 is 24.0 Å². The van der Waals surface area contributed by atoms with Crippen LogP contribution in [0, 0.1) is 0 Å². The van der Waals surface area contributed by atoms with Gasteiger partial charge in [-0.05, 0) is 18.1 Å². The van der Waals surface area contributed by atoms with E-state index in [4.69, 9.17) is 0 Å². The fourth-order valence-electron chi connectivity index (χ4n) is 1.28. The fraction of sp³-hybridized carbons (Fsp3) is 0.222. The van der Waals surface area contributed by atoms with Crippen molar-refractivity contribution in [1.82, 2.24) is 4.98 Å². The van der Waals surface area contributed by atoms with Gasteiger partial charge in [0, 0.05) is 4.90 Å². The van der Waals surface area contributed by atoms with Gasteiger partial charge in [-0.2, -0.15) is 0 Å². The first-order chi connectivity index (χ1) is 5.83. The summed E-state index contributed by atoms with van der Waals surface area (Å²) < 4.78 is 1.21. The summed E-state index contributed by atoms with van der Waals surface area (Å²) in [4.78, 5) is 5.35. The van der Waals surface area contributed by atoms with E-state index in [0.717, 1.165) is 16.8 Å². The number of aryl methyl sites for hydroxylation is 1. The Bertz CT molecular complexity index is 406. The van der Waals surface area contributed by atoms with E-state index in [1.807, 2.05) is 11.6 Å². The Morgan fingerprint density at radius 3 is 3.08 bits per heavy atom. The summed E-state index contributed by atoms with van der Waals surface area (Å²) in [7, 11) is 0. The maximum atomic E-state index is 4.37. The third-order valence-electron chi connectivity index (χ3n) is 1.93. The van der Waals surface area contributed by atoms with E-state index in [2.05, 4.69) is 30.6 Å². The van der Waals surface area contributed by atoms with Gasteiger partial charge in [0.05, 0.1) is 15.7 Å². The summed E-state index contributed by atoms with van der Waals surface area (Å²) >= 11 is 6.03. The monoisotopic (exact) mass is 195 g/mol. The first kappa shape index (κ1) is 8.08. The molecule has 0 spiro atoms. The highest BCUT2D eigenvalue weighted by molar-refractivity contribution is 7.80. The molecule has 0 fully saturated rings. The number of thiazole rings is 1. The van der Waals surface area contributed by atoms with E-state index in [9.17, 15) is 0 Å². The average molecular weight is 195 g/mol. The van der Waals surface area contributed by atoms with Gasteiger partial charge in [0.1, 0.15) is 0 Å². The van der Waals surface area contributed by atoms with Crippen LogP contribution in [0.2, 0.25) is 0 Å². The zero-order chi connectivity index (χ0) is 8.55. The van der Waals surface area contributed by atoms with Gasteiger partial charge in [-0.15, -0.1) is 24.0 Å². The Morgan fingerprint density at radius 1 is 1.50 bits per heavy atom. The molecule has 2 rings (SSSR count). The Kier molecular flexibility index (Phi) is 2.07. The molecule has 0 bridgehead atoms. The molecule has 12 heavy (non-hydrogen) atoms. The first-order valence-electron chi connectivity index (χ1n) is 3.87. The summed E-state index contributed by atoms with van der Waals surface area (Å²) in [5.41, 5.74) is 4.31. The number of thiol groups is 1. The second kappa shape index (κ2) is 3.07. The molecule has 2 aromatic rings. The van der Waals surface area contributed by atoms with E-state index in [0.29, 0.717) is 0 Å². The molecule has 62 valence electrons. The van der Waals surface area contributed by atoms with Crippen molar-refractivity contribution in [3.8, 4) is 0 Å². The van der Waals surface area contributed by atoms with Crippen molar-refractivity contribution in [2.75, 3.05) is 0 Å². The molecule has 1 aromatic heterocycles. The summed E-state index contributed by atoms with van der Waals surface area (Å²) in [5.74, 6) is 0. The lowest BCUT2D eigenvalue weighted by Crippen LogP contribution is -1.82. The highest BCUT2D eigenvalue weighted by atomic mass is 32.1. The van der Waals surface area contributed by atoms with Crippen LogP contribution in [0.25, 0.3) is 10.2 Å². The van der Waals surface area contributed by atoms with Gasteiger partial charge in [-0.3, -0.25) is 0 Å². The molecule has 0 unspecified atom stereocenters. The zero-order valence-corrected chi connectivity index (χ0v) is 8.45. The molecule has 0 atom stereocenters. The third kappa shape index (κ3) is 1.13. The number of aromatic nitrogens is 1. The largest absolute Gasteiger partial charge is 0.244 e. The number of hydrogen-bond acceptors (Lipinski definition) is 3. The summed E-state index contributed by atoms with van der Waals surface area (Å²) in [6, 6.07) is 4.15. The van der Waals surface area contributed by atoms with Crippen molar-refractivity contribution in [2.24, 2.45) is 0 Å². The van der Waals surface area contributed by atoms with Crippen molar-refractivity contribution in [1.29, 1.82) is 0 Å². The van der Waals surface area contributed by atoms with Crippen LogP contribution in [-0.2, 0) is 6.42 Å². The summed E-state index contributed by atoms with van der Waals surface area (Å²) in [6.07, 6.45) is 1.04. The summed E-state index contributed by atoms with van der Waals surface area (Å²) in [5, 5.41) is 0. The Morgan fingerprint density at radius 2 is 2.33 bits per heavy atom. The maximum Gasteiger partial charge on any atom is 0.0855 e. The topological polar surface area (TPSA) is 12.9 Å². The Balaban J connectivity index is 2.82. The SMILES string of the molecule is CCc1ccc(S)c2scnc12. The van der Waals surface area contributed by atoms with Gasteiger partial charge in [0.15, 0.2) is 0 Å². The fourth-order valence-corrected chi connectivity index (χ4v) is 2.36. The van der Waals surface area contributed by atoms with Crippen LogP contribution in [-0.4, -0.2) is 4.98 Å². The number of fused-ring (bicyclic) bond motifs is 1. The maximum absolute atomic E-state index is 4.37. The van der Waals surface area contributed by atoms with Crippen molar-refractivity contribution in [3.63, 3.8) is 0 Å². The molecule has 3 heteroatoms. The zero-order valence-electron chi connectivity index (χ0n) is 6.74. The minimum atomic E-state index is 1.03. The van der Waals surface area contributed by atoms with Crippen LogP contribution < -0.4 is 0 Å². The molecule has 0 saturated heterocycles. The smallest absolute Gasteiger partial charge is 0.0855 e. The van der Waals surface area contributed by atoms with E-state index < -0.39 is 0 Å². The van der Waals surface area contributed by atoms with E-state index in [1.165, 1.54) is 10.3 Å². The molecule has 0 amide bonds. The lowest BCUT2D eigenvalue weighted by atomic mass is 10.1. The molecule has 0 aliphatic rings. The van der Waals surface area contributed by atoms with Crippen molar-refractivity contribution < 1.29 is 0 Å². The minimum absolute atomic E-state index is 1.03. The van der Waals surface area contributed by atoms with Gasteiger partial charge in [-0.1, -0.05) is 13.0 Å². The van der Waals surface area contributed by atoms with Crippen LogP contribution in [0.1, 0.15) is 12.5 Å². The standard InChI is InChI=1S/C9H9NS2/c1-2-6-3-4-7(11)9-8(6)10-5-12-9/h3-5,11H,2H2,1H3. The number of rotatable bonds is 1. The predicted octanol–water partition coefficient (Wildman–Crippen LogP) is 3.15. The van der Waals surface area contributed by atoms with Gasteiger partial charge in [-0.25, -0.2) is 4.98 Å². The highest BCUT2D eigenvalue weighted by Gasteiger charge is 2.04. The molecule has 1 nitrogen and oxygen atoms in total. The van der Waals surface area contributed by atoms with Crippen molar-refractivity contribution in [3.05, 3.63) is 23.2 Å². The minimum Gasteiger partial charge on any atom is -0.244 e.